The van der Waals surface area contributed by atoms with Gasteiger partial charge in [-0.15, -0.1) is 0 Å². The molecule has 1 N–H and O–H groups in total. The molecular weight excluding hydrogens is 446 g/mol. The number of hydrogen-bond donors (Lipinski definition) is 1. The highest BCUT2D eigenvalue weighted by Gasteiger charge is 2.71. The minimum atomic E-state index is -5.48. The van der Waals surface area contributed by atoms with Gasteiger partial charge in [0.2, 0.25) is 0 Å². The Morgan fingerprint density at radius 2 is 1.79 bits per heavy atom. The molecule has 0 unspecified atom stereocenters. The van der Waals surface area contributed by atoms with E-state index >= 15 is 0 Å². The van der Waals surface area contributed by atoms with E-state index in [2.05, 4.69) is 9.84 Å². The number of hydrazone groups is 1. The number of amides is 2. The number of nitrogens with zero attached hydrogens (tertiary/aromatic N) is 2. The summed E-state index contributed by atoms with van der Waals surface area (Å²) in [6, 6.07) is 11.5. The van der Waals surface area contributed by atoms with Crippen LogP contribution in [0.4, 0.5) is 23.2 Å². The largest absolute Gasteiger partial charge is 0.464 e. The number of anilines is 1. The van der Waals surface area contributed by atoms with Gasteiger partial charge in [-0.2, -0.15) is 18.3 Å². The second-order valence-corrected chi connectivity index (χ2v) is 7.15. The molecule has 2 aromatic carbocycles. The Hall–Kier alpha value is -3.76. The van der Waals surface area contributed by atoms with Gasteiger partial charge >= 0.3 is 12.1 Å². The first-order chi connectivity index (χ1) is 15.5. The molecule has 0 saturated heterocycles. The fourth-order valence-electron chi connectivity index (χ4n) is 3.54. The van der Waals surface area contributed by atoms with Gasteiger partial charge in [-0.05, 0) is 44.2 Å². The lowest BCUT2D eigenvalue weighted by molar-refractivity contribution is -0.217. The third-order valence-electron chi connectivity index (χ3n) is 5.01. The smallest absolute Gasteiger partial charge is 0.423 e. The van der Waals surface area contributed by atoms with Crippen LogP contribution in [-0.4, -0.2) is 41.8 Å². The summed E-state index contributed by atoms with van der Waals surface area (Å²) < 4.78 is 62.1. The number of carbonyl (C=O) groups excluding carboxylic acids is 3. The molecule has 11 heteroatoms. The fraction of sp³-hybridized carbons (Fsp3) is 0.273. The van der Waals surface area contributed by atoms with Crippen molar-refractivity contribution in [2.24, 2.45) is 11.0 Å². The zero-order valence-corrected chi connectivity index (χ0v) is 17.5. The predicted molar refractivity (Wildman–Crippen MR) is 110 cm³/mol. The van der Waals surface area contributed by atoms with Gasteiger partial charge in [-0.25, -0.2) is 14.2 Å². The number of nitrogens with one attached hydrogen (secondary N) is 1. The van der Waals surface area contributed by atoms with Crippen LogP contribution in [0, 0.1) is 11.7 Å². The Kier molecular flexibility index (Phi) is 6.52. The summed E-state index contributed by atoms with van der Waals surface area (Å²) in [5.41, 5.74) is -4.48. The van der Waals surface area contributed by atoms with E-state index in [1.807, 2.05) is 0 Å². The van der Waals surface area contributed by atoms with Crippen molar-refractivity contribution in [2.75, 3.05) is 11.6 Å². The summed E-state index contributed by atoms with van der Waals surface area (Å²) in [5.74, 6) is -7.62. The molecule has 1 aliphatic heterocycles. The van der Waals surface area contributed by atoms with E-state index in [0.717, 1.165) is 30.1 Å². The van der Waals surface area contributed by atoms with Crippen molar-refractivity contribution >= 4 is 29.2 Å². The molecule has 0 aromatic heterocycles. The minimum absolute atomic E-state index is 0.167. The van der Waals surface area contributed by atoms with E-state index in [9.17, 15) is 31.9 Å². The molecular formula is C22H19F4N3O4. The van der Waals surface area contributed by atoms with Crippen molar-refractivity contribution in [2.45, 2.75) is 25.6 Å². The Morgan fingerprint density at radius 3 is 2.36 bits per heavy atom. The maximum atomic E-state index is 14.6. The average molecular weight is 465 g/mol. The maximum Gasteiger partial charge on any atom is 0.423 e. The van der Waals surface area contributed by atoms with Crippen LogP contribution in [0.1, 0.15) is 24.2 Å². The number of benzene rings is 2. The van der Waals surface area contributed by atoms with E-state index in [0.29, 0.717) is 6.07 Å². The molecule has 2 aromatic rings. The molecule has 0 fully saturated rings. The van der Waals surface area contributed by atoms with Crippen molar-refractivity contribution in [3.8, 4) is 0 Å². The molecule has 2 atom stereocenters. The summed E-state index contributed by atoms with van der Waals surface area (Å²) in [7, 11) is 0. The van der Waals surface area contributed by atoms with Crippen LogP contribution < -0.4 is 10.3 Å². The van der Waals surface area contributed by atoms with E-state index < -0.39 is 53.4 Å². The van der Waals surface area contributed by atoms with Gasteiger partial charge < -0.3 is 10.1 Å². The van der Waals surface area contributed by atoms with E-state index in [4.69, 9.17) is 0 Å². The number of halogens is 4. The van der Waals surface area contributed by atoms with Crippen LogP contribution >= 0.6 is 0 Å². The maximum absolute atomic E-state index is 14.6. The molecule has 7 nitrogen and oxygen atoms in total. The van der Waals surface area contributed by atoms with Gasteiger partial charge in [0, 0.05) is 5.56 Å². The molecule has 0 saturated carbocycles. The third kappa shape index (κ3) is 4.30. The molecule has 3 rings (SSSR count). The molecule has 0 bridgehead atoms. The summed E-state index contributed by atoms with van der Waals surface area (Å²) in [5, 5.41) is 6.29. The molecule has 0 aliphatic carbocycles. The normalized spacial score (nSPS) is 17.9. The van der Waals surface area contributed by atoms with Crippen LogP contribution in [0.5, 0.6) is 0 Å². The SMILES string of the molecule is CCOC(=O)[C@](NC(=O)c1cccc(F)c1)([C@H]1C(=O)N(c2ccccc2)N=C1C)C(F)(F)F. The third-order valence-corrected chi connectivity index (χ3v) is 5.01. The number of esters is 1. The van der Waals surface area contributed by atoms with Crippen LogP contribution in [0.15, 0.2) is 59.7 Å². The van der Waals surface area contributed by atoms with Crippen LogP contribution in [0.3, 0.4) is 0 Å². The first-order valence-corrected chi connectivity index (χ1v) is 9.79. The van der Waals surface area contributed by atoms with Crippen molar-refractivity contribution in [1.82, 2.24) is 5.32 Å². The summed E-state index contributed by atoms with van der Waals surface area (Å²) in [6.07, 6.45) is -5.48. The highest BCUT2D eigenvalue weighted by molar-refractivity contribution is 6.19. The number of alkyl halides is 3. The Bertz CT molecular complexity index is 1100. The standard InChI is InChI=1S/C22H19F4N3O4/c1-3-33-20(32)21(22(24,25)26,27-18(30)14-8-7-9-15(23)12-14)17-13(2)28-29(19(17)31)16-10-5-4-6-11-16/h4-12,17H,3H2,1-2H3,(H,27,30)/t17-,21-/m1/s1. The monoisotopic (exact) mass is 465 g/mol. The lowest BCUT2D eigenvalue weighted by atomic mass is 9.79. The van der Waals surface area contributed by atoms with Crippen LogP contribution in [0.25, 0.3) is 0 Å². The second kappa shape index (κ2) is 9.00. The van der Waals surface area contributed by atoms with Crippen molar-refractivity contribution in [3.05, 3.63) is 66.0 Å². The lowest BCUT2D eigenvalue weighted by Crippen LogP contribution is -2.71. The van der Waals surface area contributed by atoms with E-state index in [-0.39, 0.29) is 11.4 Å². The number of hydrogen-bond acceptors (Lipinski definition) is 5. The molecule has 0 spiro atoms. The van der Waals surface area contributed by atoms with Gasteiger partial charge in [0.15, 0.2) is 0 Å². The second-order valence-electron chi connectivity index (χ2n) is 7.15. The first kappa shape index (κ1) is 23.9. The summed E-state index contributed by atoms with van der Waals surface area (Å²) in [6.45, 7) is 1.96. The van der Waals surface area contributed by atoms with Gasteiger partial charge in [0.05, 0.1) is 18.0 Å². The summed E-state index contributed by atoms with van der Waals surface area (Å²) >= 11 is 0. The van der Waals surface area contributed by atoms with Crippen LogP contribution in [-0.2, 0) is 14.3 Å². The summed E-state index contributed by atoms with van der Waals surface area (Å²) in [4.78, 5) is 38.7. The van der Waals surface area contributed by atoms with Gasteiger partial charge in [0.25, 0.3) is 17.4 Å². The highest BCUT2D eigenvalue weighted by Crippen LogP contribution is 2.42. The Balaban J connectivity index is 2.14. The first-order valence-electron chi connectivity index (χ1n) is 9.79. The van der Waals surface area contributed by atoms with Gasteiger partial charge in [-0.1, -0.05) is 24.3 Å². The van der Waals surface area contributed by atoms with Crippen molar-refractivity contribution in [3.63, 3.8) is 0 Å². The molecule has 174 valence electrons. The van der Waals surface area contributed by atoms with Gasteiger partial charge in [-0.3, -0.25) is 9.59 Å². The predicted octanol–water partition coefficient (Wildman–Crippen LogP) is 3.46. The van der Waals surface area contributed by atoms with E-state index in [1.54, 1.807) is 23.5 Å². The fourth-order valence-corrected chi connectivity index (χ4v) is 3.54. The topological polar surface area (TPSA) is 88.1 Å². The molecule has 1 aliphatic rings. The van der Waals surface area contributed by atoms with Crippen molar-refractivity contribution in [1.29, 1.82) is 0 Å². The van der Waals surface area contributed by atoms with Gasteiger partial charge in [0.1, 0.15) is 11.7 Å². The molecule has 0 radical (unpaired) electrons. The Morgan fingerprint density at radius 1 is 1.12 bits per heavy atom. The number of ether oxygens (including phenoxy) is 1. The lowest BCUT2D eigenvalue weighted by Gasteiger charge is -2.37. The van der Waals surface area contributed by atoms with E-state index in [1.165, 1.54) is 19.1 Å². The Labute approximate surface area is 186 Å². The molecule has 33 heavy (non-hydrogen) atoms. The van der Waals surface area contributed by atoms with Crippen molar-refractivity contribution < 1.29 is 36.7 Å². The average Bonchev–Trinajstić information content (AvgIpc) is 3.06. The minimum Gasteiger partial charge on any atom is -0.464 e. The van der Waals surface area contributed by atoms with Crippen LogP contribution in [0.2, 0.25) is 0 Å². The zero-order chi connectivity index (χ0) is 24.4. The molecule has 1 heterocycles. The highest BCUT2D eigenvalue weighted by atomic mass is 19.4. The molecule has 2 amide bonds. The number of carbonyl (C=O) groups is 3. The number of rotatable bonds is 6. The number of para-hydroxylation sites is 1. The zero-order valence-electron chi connectivity index (χ0n) is 17.5. The quantitative estimate of drug-likeness (QED) is 0.523.